The molecule has 0 aromatic heterocycles. The summed E-state index contributed by atoms with van der Waals surface area (Å²) in [6, 6.07) is 6.91. The maximum absolute atomic E-state index is 11.3. The average Bonchev–Trinajstić information content (AvgIpc) is 2.39. The Morgan fingerprint density at radius 3 is 2.72 bits per heavy atom. The highest BCUT2D eigenvalue weighted by Crippen LogP contribution is 2.26. The molecule has 1 rings (SSSR count). The SMILES string of the molecule is COC(=O)C(C#N)=C(Cl)c1cccc([N+](=O)[O-])c1. The van der Waals surface area contributed by atoms with E-state index in [9.17, 15) is 14.9 Å². The number of halogens is 1. The van der Waals surface area contributed by atoms with Crippen molar-refractivity contribution in [2.45, 2.75) is 0 Å². The zero-order valence-electron chi connectivity index (χ0n) is 9.21. The number of hydrogen-bond acceptors (Lipinski definition) is 5. The Bertz CT molecular complexity index is 575. The normalized spacial score (nSPS) is 11.2. The zero-order chi connectivity index (χ0) is 13.7. The Kier molecular flexibility index (Phi) is 4.40. The molecule has 7 heteroatoms. The molecule has 0 amide bonds. The van der Waals surface area contributed by atoms with Crippen molar-refractivity contribution in [3.05, 3.63) is 45.5 Å². The summed E-state index contributed by atoms with van der Waals surface area (Å²) in [5, 5.41) is 19.2. The Labute approximate surface area is 107 Å². The summed E-state index contributed by atoms with van der Waals surface area (Å²) in [5.41, 5.74) is -0.389. The number of nitro groups is 1. The highest BCUT2D eigenvalue weighted by Gasteiger charge is 2.17. The molecule has 0 aliphatic rings. The first kappa shape index (κ1) is 13.7. The predicted molar refractivity (Wildman–Crippen MR) is 63.5 cm³/mol. The molecule has 0 aliphatic carbocycles. The van der Waals surface area contributed by atoms with Gasteiger partial charge in [-0.1, -0.05) is 23.7 Å². The Balaban J connectivity index is 3.33. The third-order valence-electron chi connectivity index (χ3n) is 2.03. The lowest BCUT2D eigenvalue weighted by atomic mass is 10.1. The van der Waals surface area contributed by atoms with Crippen molar-refractivity contribution in [2.24, 2.45) is 0 Å². The van der Waals surface area contributed by atoms with Gasteiger partial charge in [-0.05, 0) is 0 Å². The summed E-state index contributed by atoms with van der Waals surface area (Å²) in [7, 11) is 1.11. The van der Waals surface area contributed by atoms with Gasteiger partial charge >= 0.3 is 5.97 Å². The maximum atomic E-state index is 11.3. The molecule has 92 valence electrons. The van der Waals surface area contributed by atoms with Crippen LogP contribution in [0.25, 0.3) is 5.03 Å². The van der Waals surface area contributed by atoms with E-state index in [2.05, 4.69) is 4.74 Å². The molecule has 18 heavy (non-hydrogen) atoms. The zero-order valence-corrected chi connectivity index (χ0v) is 9.97. The number of benzene rings is 1. The fourth-order valence-corrected chi connectivity index (χ4v) is 1.42. The van der Waals surface area contributed by atoms with Crippen LogP contribution in [0.4, 0.5) is 5.69 Å². The molecule has 0 unspecified atom stereocenters. The van der Waals surface area contributed by atoms with E-state index in [-0.39, 0.29) is 16.3 Å². The molecule has 0 atom stereocenters. The summed E-state index contributed by atoms with van der Waals surface area (Å²) in [4.78, 5) is 21.3. The summed E-state index contributed by atoms with van der Waals surface area (Å²) in [6.07, 6.45) is 0. The third kappa shape index (κ3) is 2.84. The minimum absolute atomic E-state index is 0.187. The molecule has 1 aromatic carbocycles. The van der Waals surface area contributed by atoms with Gasteiger partial charge in [-0.2, -0.15) is 5.26 Å². The fourth-order valence-electron chi connectivity index (χ4n) is 1.19. The van der Waals surface area contributed by atoms with Crippen LogP contribution in [0.1, 0.15) is 5.56 Å². The van der Waals surface area contributed by atoms with Crippen LogP contribution in [-0.4, -0.2) is 18.0 Å². The van der Waals surface area contributed by atoms with Gasteiger partial charge in [0, 0.05) is 17.7 Å². The van der Waals surface area contributed by atoms with Crippen molar-refractivity contribution in [3.8, 4) is 6.07 Å². The summed E-state index contributed by atoms with van der Waals surface area (Å²) >= 11 is 5.86. The van der Waals surface area contributed by atoms with Crippen LogP contribution in [0.2, 0.25) is 0 Å². The number of carbonyl (C=O) groups excluding carboxylic acids is 1. The summed E-state index contributed by atoms with van der Waals surface area (Å²) in [6.45, 7) is 0. The van der Waals surface area contributed by atoms with Crippen LogP contribution in [0, 0.1) is 21.4 Å². The van der Waals surface area contributed by atoms with E-state index < -0.39 is 16.5 Å². The molecule has 1 aromatic rings. The highest BCUT2D eigenvalue weighted by molar-refractivity contribution is 6.51. The van der Waals surface area contributed by atoms with Gasteiger partial charge in [0.25, 0.3) is 5.69 Å². The Morgan fingerprint density at radius 2 is 2.22 bits per heavy atom. The first-order chi connectivity index (χ1) is 8.51. The van der Waals surface area contributed by atoms with Crippen LogP contribution in [0.15, 0.2) is 29.8 Å². The van der Waals surface area contributed by atoms with Crippen LogP contribution < -0.4 is 0 Å². The molecular formula is C11H7ClN2O4. The molecule has 0 saturated carbocycles. The number of esters is 1. The van der Waals surface area contributed by atoms with Crippen molar-refractivity contribution < 1.29 is 14.5 Å². The minimum atomic E-state index is -0.894. The number of methoxy groups -OCH3 is 1. The average molecular weight is 267 g/mol. The lowest BCUT2D eigenvalue weighted by Crippen LogP contribution is -2.04. The summed E-state index contributed by atoms with van der Waals surface area (Å²) < 4.78 is 4.39. The van der Waals surface area contributed by atoms with Gasteiger partial charge in [-0.25, -0.2) is 4.79 Å². The van der Waals surface area contributed by atoms with Crippen LogP contribution in [-0.2, 0) is 9.53 Å². The van der Waals surface area contributed by atoms with Gasteiger partial charge in [-0.15, -0.1) is 0 Å². The maximum Gasteiger partial charge on any atom is 0.350 e. The lowest BCUT2D eigenvalue weighted by Gasteiger charge is -2.02. The van der Waals surface area contributed by atoms with Crippen molar-refractivity contribution in [2.75, 3.05) is 7.11 Å². The van der Waals surface area contributed by atoms with Crippen LogP contribution >= 0.6 is 11.6 Å². The van der Waals surface area contributed by atoms with Gasteiger partial charge in [0.2, 0.25) is 0 Å². The molecule has 0 spiro atoms. The first-order valence-electron chi connectivity index (χ1n) is 4.64. The van der Waals surface area contributed by atoms with Crippen LogP contribution in [0.5, 0.6) is 0 Å². The van der Waals surface area contributed by atoms with E-state index in [1.54, 1.807) is 6.07 Å². The molecule has 0 radical (unpaired) electrons. The molecular weight excluding hydrogens is 260 g/mol. The Hall–Kier alpha value is -2.39. The standard InChI is InChI=1S/C11H7ClN2O4/c1-18-11(15)9(6-13)10(12)7-3-2-4-8(5-7)14(16)17/h2-5H,1H3. The third-order valence-corrected chi connectivity index (χ3v) is 2.44. The number of nitrogens with zero attached hydrogens (tertiary/aromatic N) is 2. The van der Waals surface area contributed by atoms with E-state index in [1.165, 1.54) is 24.3 Å². The number of nitro benzene ring substituents is 1. The summed E-state index contributed by atoms with van der Waals surface area (Å²) in [5.74, 6) is -0.894. The minimum Gasteiger partial charge on any atom is -0.465 e. The predicted octanol–water partition coefficient (Wildman–Crippen LogP) is 2.24. The number of nitriles is 1. The number of carbonyl (C=O) groups is 1. The second kappa shape index (κ2) is 5.80. The number of non-ortho nitro benzene ring substituents is 1. The molecule has 0 heterocycles. The Morgan fingerprint density at radius 1 is 1.56 bits per heavy atom. The van der Waals surface area contributed by atoms with Gasteiger partial charge in [0.05, 0.1) is 17.1 Å². The lowest BCUT2D eigenvalue weighted by molar-refractivity contribution is -0.384. The molecule has 0 aliphatic heterocycles. The van der Waals surface area contributed by atoms with E-state index in [1.807, 2.05) is 0 Å². The van der Waals surface area contributed by atoms with Crippen molar-refractivity contribution >= 4 is 28.3 Å². The monoisotopic (exact) mass is 266 g/mol. The molecule has 0 saturated heterocycles. The molecule has 0 bridgehead atoms. The smallest absolute Gasteiger partial charge is 0.350 e. The van der Waals surface area contributed by atoms with Crippen LogP contribution in [0.3, 0.4) is 0 Å². The molecule has 0 N–H and O–H groups in total. The van der Waals surface area contributed by atoms with E-state index >= 15 is 0 Å². The van der Waals surface area contributed by atoms with E-state index in [0.717, 1.165) is 7.11 Å². The van der Waals surface area contributed by atoms with E-state index in [0.29, 0.717) is 0 Å². The number of hydrogen-bond donors (Lipinski definition) is 0. The van der Waals surface area contributed by atoms with Crippen molar-refractivity contribution in [1.82, 2.24) is 0 Å². The second-order valence-corrected chi connectivity index (χ2v) is 3.48. The van der Waals surface area contributed by atoms with E-state index in [4.69, 9.17) is 16.9 Å². The number of ether oxygens (including phenoxy) is 1. The van der Waals surface area contributed by atoms with Crippen molar-refractivity contribution in [3.63, 3.8) is 0 Å². The molecule has 0 fully saturated rings. The van der Waals surface area contributed by atoms with Gasteiger partial charge < -0.3 is 4.74 Å². The quantitative estimate of drug-likeness (QED) is 0.275. The number of rotatable bonds is 3. The topological polar surface area (TPSA) is 93.2 Å². The molecule has 6 nitrogen and oxygen atoms in total. The fraction of sp³-hybridized carbons (Fsp3) is 0.0909. The second-order valence-electron chi connectivity index (χ2n) is 3.10. The van der Waals surface area contributed by atoms with Gasteiger partial charge in [0.1, 0.15) is 6.07 Å². The van der Waals surface area contributed by atoms with Gasteiger partial charge in [-0.3, -0.25) is 10.1 Å². The first-order valence-corrected chi connectivity index (χ1v) is 5.02. The van der Waals surface area contributed by atoms with Gasteiger partial charge in [0.15, 0.2) is 5.57 Å². The largest absolute Gasteiger partial charge is 0.465 e. The van der Waals surface area contributed by atoms with Crippen molar-refractivity contribution in [1.29, 1.82) is 5.26 Å². The highest BCUT2D eigenvalue weighted by atomic mass is 35.5.